The number of aliphatic carboxylic acids is 1. The molecule has 132 valence electrons. The molecule has 0 aliphatic carbocycles. The fourth-order valence-electron chi connectivity index (χ4n) is 2.52. The summed E-state index contributed by atoms with van der Waals surface area (Å²) >= 11 is 0. The molecule has 2 rings (SSSR count). The maximum Gasteiger partial charge on any atom is 0.326 e. The zero-order valence-corrected chi connectivity index (χ0v) is 15.0. The first-order valence-corrected chi connectivity index (χ1v) is 9.24. The van der Waals surface area contributed by atoms with Crippen LogP contribution in [0.3, 0.4) is 0 Å². The molecular formula is C19H21NO4S. The maximum absolute atomic E-state index is 12.3. The number of carboxylic acids is 1. The lowest BCUT2D eigenvalue weighted by Gasteiger charge is -2.15. The van der Waals surface area contributed by atoms with Crippen LogP contribution >= 0.6 is 0 Å². The Morgan fingerprint density at radius 1 is 1.08 bits per heavy atom. The van der Waals surface area contributed by atoms with E-state index in [2.05, 4.69) is 5.32 Å². The molecule has 5 nitrogen and oxygen atoms in total. The van der Waals surface area contributed by atoms with Gasteiger partial charge in [0.1, 0.15) is 6.04 Å². The Kier molecular flexibility index (Phi) is 6.47. The summed E-state index contributed by atoms with van der Waals surface area (Å²) in [5, 5.41) is 11.9. The van der Waals surface area contributed by atoms with Crippen LogP contribution < -0.4 is 5.32 Å². The lowest BCUT2D eigenvalue weighted by Crippen LogP contribution is -2.41. The largest absolute Gasteiger partial charge is 0.480 e. The normalized spacial score (nSPS) is 13.0. The van der Waals surface area contributed by atoms with Gasteiger partial charge in [0.2, 0.25) is 0 Å². The molecule has 25 heavy (non-hydrogen) atoms. The average molecular weight is 359 g/mol. The Morgan fingerprint density at radius 2 is 1.68 bits per heavy atom. The third kappa shape index (κ3) is 5.53. The summed E-state index contributed by atoms with van der Waals surface area (Å²) in [7, 11) is -1.30. The van der Waals surface area contributed by atoms with Crippen molar-refractivity contribution < 1.29 is 18.9 Å². The third-order valence-electron chi connectivity index (χ3n) is 3.69. The van der Waals surface area contributed by atoms with Gasteiger partial charge in [-0.1, -0.05) is 35.4 Å². The van der Waals surface area contributed by atoms with E-state index >= 15 is 0 Å². The molecule has 0 spiro atoms. The zero-order chi connectivity index (χ0) is 18.4. The number of amides is 1. The third-order valence-corrected chi connectivity index (χ3v) is 5.09. The van der Waals surface area contributed by atoms with Crippen molar-refractivity contribution in [2.45, 2.75) is 31.2 Å². The van der Waals surface area contributed by atoms with Gasteiger partial charge in [-0.3, -0.25) is 9.00 Å². The topological polar surface area (TPSA) is 83.5 Å². The molecule has 0 radical (unpaired) electrons. The second kappa shape index (κ2) is 8.58. The summed E-state index contributed by atoms with van der Waals surface area (Å²) in [5.74, 6) is -1.42. The van der Waals surface area contributed by atoms with Gasteiger partial charge in [0, 0.05) is 16.2 Å². The van der Waals surface area contributed by atoms with Gasteiger partial charge in [-0.25, -0.2) is 4.79 Å². The van der Waals surface area contributed by atoms with E-state index in [1.807, 2.05) is 26.0 Å². The molecule has 0 bridgehead atoms. The van der Waals surface area contributed by atoms with Crippen LogP contribution in [0.15, 0.2) is 53.4 Å². The van der Waals surface area contributed by atoms with Crippen molar-refractivity contribution in [3.8, 4) is 0 Å². The molecule has 6 heteroatoms. The van der Waals surface area contributed by atoms with Gasteiger partial charge in [-0.05, 0) is 44.5 Å². The molecule has 2 atom stereocenters. The van der Waals surface area contributed by atoms with E-state index in [0.717, 1.165) is 11.1 Å². The van der Waals surface area contributed by atoms with E-state index in [4.69, 9.17) is 0 Å². The predicted octanol–water partition coefficient (Wildman–Crippen LogP) is 2.68. The first kappa shape index (κ1) is 18.9. The molecular weight excluding hydrogens is 338 g/mol. The van der Waals surface area contributed by atoms with Gasteiger partial charge in [0.15, 0.2) is 0 Å². The van der Waals surface area contributed by atoms with E-state index < -0.39 is 28.7 Å². The first-order chi connectivity index (χ1) is 11.9. The number of rotatable bonds is 7. The zero-order valence-electron chi connectivity index (χ0n) is 14.2. The summed E-state index contributed by atoms with van der Waals surface area (Å²) in [5.41, 5.74) is 2.29. The molecule has 0 saturated carbocycles. The van der Waals surface area contributed by atoms with Crippen molar-refractivity contribution in [3.05, 3.63) is 65.2 Å². The minimum atomic E-state index is -1.30. The minimum absolute atomic E-state index is 0.0907. The van der Waals surface area contributed by atoms with Gasteiger partial charge in [0.05, 0.1) is 10.8 Å². The minimum Gasteiger partial charge on any atom is -0.480 e. The quantitative estimate of drug-likeness (QED) is 0.796. The molecule has 0 aliphatic heterocycles. The first-order valence-electron chi connectivity index (χ1n) is 7.92. The lowest BCUT2D eigenvalue weighted by molar-refractivity contribution is -0.139. The standard InChI is InChI=1S/C19H21NO4S/c1-13-10-14(2)12-15(11-13)18(21)20-17(19(22)23)8-9-25(24)16-6-4-3-5-7-16/h3-7,10-12,17H,8-9H2,1-2H3,(H,20,21)(H,22,23)/t17-,25-/m1/s1. The van der Waals surface area contributed by atoms with Crippen LogP contribution in [-0.4, -0.2) is 33.0 Å². The SMILES string of the molecule is Cc1cc(C)cc(C(=O)N[C@H](CC[S@@](=O)c2ccccc2)C(=O)O)c1. The van der Waals surface area contributed by atoms with Crippen molar-refractivity contribution in [1.29, 1.82) is 0 Å². The second-order valence-corrected chi connectivity index (χ2v) is 7.46. The fourth-order valence-corrected chi connectivity index (χ4v) is 3.67. The van der Waals surface area contributed by atoms with Crippen LogP contribution in [0.2, 0.25) is 0 Å². The fraction of sp³-hybridized carbons (Fsp3) is 0.263. The molecule has 0 aromatic heterocycles. The van der Waals surface area contributed by atoms with E-state index in [0.29, 0.717) is 10.5 Å². The number of aryl methyl sites for hydroxylation is 2. The highest BCUT2D eigenvalue weighted by atomic mass is 32.2. The van der Waals surface area contributed by atoms with Gasteiger partial charge in [-0.15, -0.1) is 0 Å². The van der Waals surface area contributed by atoms with Crippen molar-refractivity contribution in [2.75, 3.05) is 5.75 Å². The highest BCUT2D eigenvalue weighted by molar-refractivity contribution is 7.85. The number of hydrogen-bond acceptors (Lipinski definition) is 3. The number of nitrogens with one attached hydrogen (secondary N) is 1. The van der Waals surface area contributed by atoms with Crippen molar-refractivity contribution >= 4 is 22.7 Å². The monoisotopic (exact) mass is 359 g/mol. The smallest absolute Gasteiger partial charge is 0.326 e. The van der Waals surface area contributed by atoms with Gasteiger partial charge in [-0.2, -0.15) is 0 Å². The van der Waals surface area contributed by atoms with Gasteiger partial charge < -0.3 is 10.4 Å². The van der Waals surface area contributed by atoms with E-state index in [1.54, 1.807) is 36.4 Å². The van der Waals surface area contributed by atoms with Crippen LogP contribution in [0.5, 0.6) is 0 Å². The Balaban J connectivity index is 2.02. The molecule has 2 aromatic rings. The molecule has 2 aromatic carbocycles. The van der Waals surface area contributed by atoms with Gasteiger partial charge >= 0.3 is 5.97 Å². The number of carbonyl (C=O) groups excluding carboxylic acids is 1. The second-order valence-electron chi connectivity index (χ2n) is 5.89. The van der Waals surface area contributed by atoms with Crippen LogP contribution in [0.1, 0.15) is 27.9 Å². The van der Waals surface area contributed by atoms with Crippen LogP contribution in [-0.2, 0) is 15.6 Å². The molecule has 0 fully saturated rings. The molecule has 0 heterocycles. The Labute approximate surface area is 149 Å². The number of carbonyl (C=O) groups is 2. The van der Waals surface area contributed by atoms with Crippen molar-refractivity contribution in [2.24, 2.45) is 0 Å². The van der Waals surface area contributed by atoms with E-state index in [1.165, 1.54) is 0 Å². The summed E-state index contributed by atoms with van der Waals surface area (Å²) in [6, 6.07) is 13.1. The number of benzene rings is 2. The number of carboxylic acid groups (broad SMARTS) is 1. The molecule has 0 saturated heterocycles. The van der Waals surface area contributed by atoms with Crippen LogP contribution in [0, 0.1) is 13.8 Å². The van der Waals surface area contributed by atoms with E-state index in [-0.39, 0.29) is 12.2 Å². The summed E-state index contributed by atoms with van der Waals surface area (Å²) in [6.07, 6.45) is 0.0907. The summed E-state index contributed by atoms with van der Waals surface area (Å²) in [6.45, 7) is 3.75. The molecule has 2 N–H and O–H groups in total. The van der Waals surface area contributed by atoms with Crippen LogP contribution in [0.4, 0.5) is 0 Å². The Hall–Kier alpha value is -2.47. The lowest BCUT2D eigenvalue weighted by atomic mass is 10.1. The van der Waals surface area contributed by atoms with Crippen LogP contribution in [0.25, 0.3) is 0 Å². The summed E-state index contributed by atoms with van der Waals surface area (Å²) in [4.78, 5) is 24.4. The highest BCUT2D eigenvalue weighted by Gasteiger charge is 2.22. The number of hydrogen-bond donors (Lipinski definition) is 2. The molecule has 0 unspecified atom stereocenters. The predicted molar refractivity (Wildman–Crippen MR) is 97.1 cm³/mol. The van der Waals surface area contributed by atoms with Gasteiger partial charge in [0.25, 0.3) is 5.91 Å². The highest BCUT2D eigenvalue weighted by Crippen LogP contribution is 2.11. The molecule has 1 amide bonds. The average Bonchev–Trinajstić information content (AvgIpc) is 2.57. The Bertz CT molecular complexity index is 769. The van der Waals surface area contributed by atoms with Crippen molar-refractivity contribution in [1.82, 2.24) is 5.32 Å². The molecule has 0 aliphatic rings. The van der Waals surface area contributed by atoms with Crippen molar-refractivity contribution in [3.63, 3.8) is 0 Å². The maximum atomic E-state index is 12.3. The Morgan fingerprint density at radius 3 is 2.24 bits per heavy atom. The van der Waals surface area contributed by atoms with E-state index in [9.17, 15) is 18.9 Å². The summed E-state index contributed by atoms with van der Waals surface area (Å²) < 4.78 is 12.2.